The number of amides is 1. The summed E-state index contributed by atoms with van der Waals surface area (Å²) in [6.45, 7) is 2.78. The summed E-state index contributed by atoms with van der Waals surface area (Å²) < 4.78 is 0. The topological polar surface area (TPSA) is 55.1 Å². The van der Waals surface area contributed by atoms with Crippen LogP contribution in [0.2, 0.25) is 0 Å². The van der Waals surface area contributed by atoms with Crippen LogP contribution in [0.15, 0.2) is 24.3 Å². The van der Waals surface area contributed by atoms with Crippen LogP contribution >= 0.6 is 12.4 Å². The highest BCUT2D eigenvalue weighted by Crippen LogP contribution is 2.31. The summed E-state index contributed by atoms with van der Waals surface area (Å²) in [5.41, 5.74) is 7.52. The number of hydrogen-bond acceptors (Lipinski definition) is 2. The van der Waals surface area contributed by atoms with Crippen LogP contribution in [0.5, 0.6) is 0 Å². The van der Waals surface area contributed by atoms with E-state index in [9.17, 15) is 4.79 Å². The van der Waals surface area contributed by atoms with E-state index in [1.807, 2.05) is 24.3 Å². The van der Waals surface area contributed by atoms with Gasteiger partial charge in [0.1, 0.15) is 0 Å². The summed E-state index contributed by atoms with van der Waals surface area (Å²) in [6.07, 6.45) is 5.70. The lowest BCUT2D eigenvalue weighted by molar-refractivity contribution is -0.121. The van der Waals surface area contributed by atoms with E-state index in [2.05, 4.69) is 12.2 Å². The van der Waals surface area contributed by atoms with Crippen molar-refractivity contribution in [2.45, 2.75) is 45.6 Å². The van der Waals surface area contributed by atoms with Crippen LogP contribution in [-0.4, -0.2) is 5.91 Å². The predicted octanol–water partition coefficient (Wildman–Crippen LogP) is 3.72. The van der Waals surface area contributed by atoms with Gasteiger partial charge in [0.05, 0.1) is 0 Å². The molecule has 0 radical (unpaired) electrons. The second-order valence-electron chi connectivity index (χ2n) is 5.52. The average molecular weight is 297 g/mol. The first-order valence-corrected chi connectivity index (χ1v) is 7.32. The Hall–Kier alpha value is -1.06. The maximum Gasteiger partial charge on any atom is 0.227 e. The molecule has 0 spiro atoms. The molecule has 0 bridgehead atoms. The third kappa shape index (κ3) is 4.50. The lowest BCUT2D eigenvalue weighted by atomic mass is 9.80. The van der Waals surface area contributed by atoms with Gasteiger partial charge in [-0.2, -0.15) is 0 Å². The number of halogens is 1. The molecular weight excluding hydrogens is 272 g/mol. The Labute approximate surface area is 127 Å². The minimum absolute atomic E-state index is 0. The van der Waals surface area contributed by atoms with Crippen molar-refractivity contribution in [2.24, 2.45) is 17.6 Å². The standard InChI is InChI=1S/C16H24N2O.ClH/c1-2-12-3-7-14(8-4-12)16(19)18-15-9-5-13(11-17)6-10-15;/h5-6,9-10,12,14H,2-4,7-8,11,17H2,1H3,(H,18,19);1H. The molecule has 0 aliphatic heterocycles. The summed E-state index contributed by atoms with van der Waals surface area (Å²) in [5, 5.41) is 3.02. The molecule has 4 heteroatoms. The minimum atomic E-state index is 0. The van der Waals surface area contributed by atoms with Crippen LogP contribution in [0.1, 0.15) is 44.6 Å². The van der Waals surface area contributed by atoms with E-state index in [1.165, 1.54) is 19.3 Å². The molecule has 3 nitrogen and oxygen atoms in total. The minimum Gasteiger partial charge on any atom is -0.326 e. The number of anilines is 1. The van der Waals surface area contributed by atoms with Gasteiger partial charge in [0.25, 0.3) is 0 Å². The zero-order chi connectivity index (χ0) is 13.7. The van der Waals surface area contributed by atoms with E-state index in [1.54, 1.807) is 0 Å². The molecule has 1 amide bonds. The first-order chi connectivity index (χ1) is 9.22. The summed E-state index contributed by atoms with van der Waals surface area (Å²) >= 11 is 0. The van der Waals surface area contributed by atoms with Gasteiger partial charge in [0.15, 0.2) is 0 Å². The van der Waals surface area contributed by atoms with Crippen LogP contribution in [0.25, 0.3) is 0 Å². The molecule has 1 aliphatic carbocycles. The summed E-state index contributed by atoms with van der Waals surface area (Å²) in [7, 11) is 0. The molecule has 0 aromatic heterocycles. The summed E-state index contributed by atoms with van der Waals surface area (Å²) in [5.74, 6) is 1.19. The number of hydrogen-bond donors (Lipinski definition) is 2. The van der Waals surface area contributed by atoms with Gasteiger partial charge in [-0.25, -0.2) is 0 Å². The molecule has 1 aromatic carbocycles. The van der Waals surface area contributed by atoms with Crippen LogP contribution in [0.3, 0.4) is 0 Å². The summed E-state index contributed by atoms with van der Waals surface area (Å²) in [6, 6.07) is 7.78. The van der Waals surface area contributed by atoms with Crippen LogP contribution in [-0.2, 0) is 11.3 Å². The lowest BCUT2D eigenvalue weighted by Crippen LogP contribution is -2.27. The van der Waals surface area contributed by atoms with Crippen molar-refractivity contribution in [1.29, 1.82) is 0 Å². The van der Waals surface area contributed by atoms with Gasteiger partial charge in [0, 0.05) is 18.2 Å². The first kappa shape index (κ1) is 17.0. The van der Waals surface area contributed by atoms with Gasteiger partial charge >= 0.3 is 0 Å². The number of nitrogens with one attached hydrogen (secondary N) is 1. The molecule has 0 saturated heterocycles. The molecular formula is C16H25ClN2O. The normalized spacial score (nSPS) is 21.9. The van der Waals surface area contributed by atoms with Crippen molar-refractivity contribution in [2.75, 3.05) is 5.32 Å². The molecule has 1 saturated carbocycles. The second kappa shape index (κ2) is 8.28. The highest BCUT2D eigenvalue weighted by atomic mass is 35.5. The third-order valence-electron chi connectivity index (χ3n) is 4.25. The molecule has 3 N–H and O–H groups in total. The van der Waals surface area contributed by atoms with Crippen molar-refractivity contribution in [3.05, 3.63) is 29.8 Å². The van der Waals surface area contributed by atoms with E-state index in [-0.39, 0.29) is 24.2 Å². The molecule has 112 valence electrons. The van der Waals surface area contributed by atoms with E-state index in [0.717, 1.165) is 30.0 Å². The maximum absolute atomic E-state index is 12.2. The van der Waals surface area contributed by atoms with Crippen molar-refractivity contribution >= 4 is 24.0 Å². The molecule has 1 aliphatic rings. The number of carbonyl (C=O) groups excluding carboxylic acids is 1. The van der Waals surface area contributed by atoms with Gasteiger partial charge in [-0.3, -0.25) is 4.79 Å². The van der Waals surface area contributed by atoms with E-state index in [4.69, 9.17) is 5.73 Å². The van der Waals surface area contributed by atoms with Crippen molar-refractivity contribution < 1.29 is 4.79 Å². The SMILES string of the molecule is CCC1CCC(C(=O)Nc2ccc(CN)cc2)CC1.Cl. The van der Waals surface area contributed by atoms with Crippen molar-refractivity contribution in [3.8, 4) is 0 Å². The maximum atomic E-state index is 12.2. The monoisotopic (exact) mass is 296 g/mol. The van der Waals surface area contributed by atoms with E-state index >= 15 is 0 Å². The molecule has 0 atom stereocenters. The fourth-order valence-electron chi connectivity index (χ4n) is 2.80. The Bertz CT molecular complexity index is 411. The predicted molar refractivity (Wildman–Crippen MR) is 86.0 cm³/mol. The average Bonchev–Trinajstić information content (AvgIpc) is 2.48. The lowest BCUT2D eigenvalue weighted by Gasteiger charge is -2.26. The third-order valence-corrected chi connectivity index (χ3v) is 4.25. The number of carbonyl (C=O) groups is 1. The van der Waals surface area contributed by atoms with Crippen LogP contribution < -0.4 is 11.1 Å². The fraction of sp³-hybridized carbons (Fsp3) is 0.562. The van der Waals surface area contributed by atoms with Crippen LogP contribution in [0, 0.1) is 11.8 Å². The quantitative estimate of drug-likeness (QED) is 0.889. The highest BCUT2D eigenvalue weighted by Gasteiger charge is 2.25. The Morgan fingerprint density at radius 1 is 1.20 bits per heavy atom. The van der Waals surface area contributed by atoms with E-state index in [0.29, 0.717) is 6.54 Å². The molecule has 2 rings (SSSR count). The van der Waals surface area contributed by atoms with Gasteiger partial charge in [-0.1, -0.05) is 25.5 Å². The Morgan fingerprint density at radius 2 is 1.80 bits per heavy atom. The van der Waals surface area contributed by atoms with Gasteiger partial charge < -0.3 is 11.1 Å². The van der Waals surface area contributed by atoms with Crippen molar-refractivity contribution in [3.63, 3.8) is 0 Å². The number of rotatable bonds is 4. The van der Waals surface area contributed by atoms with E-state index < -0.39 is 0 Å². The molecule has 1 aromatic rings. The van der Waals surface area contributed by atoms with Crippen LogP contribution in [0.4, 0.5) is 5.69 Å². The molecule has 1 fully saturated rings. The zero-order valence-corrected chi connectivity index (χ0v) is 12.9. The van der Waals surface area contributed by atoms with Gasteiger partial charge in [-0.05, 0) is 49.3 Å². The highest BCUT2D eigenvalue weighted by molar-refractivity contribution is 5.92. The molecule has 0 unspecified atom stereocenters. The first-order valence-electron chi connectivity index (χ1n) is 7.32. The molecule has 0 heterocycles. The van der Waals surface area contributed by atoms with Crippen molar-refractivity contribution in [1.82, 2.24) is 0 Å². The Kier molecular flexibility index (Phi) is 7.03. The summed E-state index contributed by atoms with van der Waals surface area (Å²) in [4.78, 5) is 12.2. The van der Waals surface area contributed by atoms with Gasteiger partial charge in [-0.15, -0.1) is 12.4 Å². The zero-order valence-electron chi connectivity index (χ0n) is 12.1. The smallest absolute Gasteiger partial charge is 0.227 e. The second-order valence-corrected chi connectivity index (χ2v) is 5.52. The van der Waals surface area contributed by atoms with Gasteiger partial charge in [0.2, 0.25) is 5.91 Å². The largest absolute Gasteiger partial charge is 0.326 e. The number of benzene rings is 1. The number of nitrogens with two attached hydrogens (primary N) is 1. The Balaban J connectivity index is 0.00000200. The molecule has 20 heavy (non-hydrogen) atoms. The fourth-order valence-corrected chi connectivity index (χ4v) is 2.80. The Morgan fingerprint density at radius 3 is 2.30 bits per heavy atom.